The zero-order valence-corrected chi connectivity index (χ0v) is 15.5. The van der Waals surface area contributed by atoms with Crippen LogP contribution in [0, 0.1) is 6.92 Å². The molecule has 7 nitrogen and oxygen atoms in total. The molecule has 2 aromatic heterocycles. The molecule has 27 heavy (non-hydrogen) atoms. The van der Waals surface area contributed by atoms with E-state index in [0.29, 0.717) is 31.0 Å². The Labute approximate surface area is 157 Å². The zero-order valence-electron chi connectivity index (χ0n) is 15.5. The molecule has 0 aliphatic carbocycles. The number of carbonyl (C=O) groups excluding carboxylic acids is 1. The topological polar surface area (TPSA) is 84.4 Å². The van der Waals surface area contributed by atoms with Crippen LogP contribution in [0.4, 0.5) is 0 Å². The lowest BCUT2D eigenvalue weighted by atomic mass is 9.99. The molecule has 1 N–H and O–H groups in total. The lowest BCUT2D eigenvalue weighted by Crippen LogP contribution is -2.44. The summed E-state index contributed by atoms with van der Waals surface area (Å²) in [7, 11) is 0. The molecule has 1 unspecified atom stereocenters. The molecule has 7 heteroatoms. The smallest absolute Gasteiger partial charge is 0.276 e. The number of amides is 1. The van der Waals surface area contributed by atoms with E-state index in [-0.39, 0.29) is 18.6 Å². The molecular weight excluding hydrogens is 344 g/mol. The first-order chi connectivity index (χ1) is 13.2. The predicted molar refractivity (Wildman–Crippen MR) is 100 cm³/mol. The van der Waals surface area contributed by atoms with E-state index in [9.17, 15) is 9.90 Å². The molecule has 1 atom stereocenters. The number of nitrogens with zero attached hydrogens (tertiary/aromatic N) is 4. The van der Waals surface area contributed by atoms with Gasteiger partial charge in [0.15, 0.2) is 11.5 Å². The quantitative estimate of drug-likeness (QED) is 0.749. The van der Waals surface area contributed by atoms with Crippen molar-refractivity contribution in [2.45, 2.75) is 45.2 Å². The molecule has 1 amide bonds. The Morgan fingerprint density at radius 2 is 2.19 bits per heavy atom. The van der Waals surface area contributed by atoms with Crippen molar-refractivity contribution in [3.05, 3.63) is 47.6 Å². The maximum Gasteiger partial charge on any atom is 0.276 e. The summed E-state index contributed by atoms with van der Waals surface area (Å²) in [5, 5.41) is 13.3. The number of para-hydroxylation sites is 2. The van der Waals surface area contributed by atoms with Crippen LogP contribution < -0.4 is 0 Å². The van der Waals surface area contributed by atoms with Crippen LogP contribution in [0.15, 0.2) is 34.9 Å². The van der Waals surface area contributed by atoms with Crippen LogP contribution in [-0.2, 0) is 6.54 Å². The van der Waals surface area contributed by atoms with Crippen molar-refractivity contribution in [1.82, 2.24) is 19.6 Å². The SMILES string of the molecule is Cc1nc2ccccc2n1Cc1cc(C(=O)N2CCCCC2CCO)no1. The largest absolute Gasteiger partial charge is 0.396 e. The second-order valence-electron chi connectivity index (χ2n) is 7.07. The summed E-state index contributed by atoms with van der Waals surface area (Å²) in [4.78, 5) is 19.3. The van der Waals surface area contributed by atoms with Crippen molar-refractivity contribution in [1.29, 1.82) is 0 Å². The Morgan fingerprint density at radius 3 is 3.04 bits per heavy atom. The molecule has 0 spiro atoms. The summed E-state index contributed by atoms with van der Waals surface area (Å²) in [6.07, 6.45) is 3.61. The molecule has 0 bridgehead atoms. The number of aliphatic hydroxyl groups excluding tert-OH is 1. The van der Waals surface area contributed by atoms with E-state index in [0.717, 1.165) is 36.1 Å². The van der Waals surface area contributed by atoms with Crippen LogP contribution >= 0.6 is 0 Å². The van der Waals surface area contributed by atoms with Gasteiger partial charge in [-0.05, 0) is 44.7 Å². The van der Waals surface area contributed by atoms with Gasteiger partial charge in [0, 0.05) is 25.3 Å². The van der Waals surface area contributed by atoms with Crippen molar-refractivity contribution < 1.29 is 14.4 Å². The number of hydrogen-bond acceptors (Lipinski definition) is 5. The van der Waals surface area contributed by atoms with Gasteiger partial charge in [-0.2, -0.15) is 0 Å². The maximum atomic E-state index is 12.9. The summed E-state index contributed by atoms with van der Waals surface area (Å²) in [5.41, 5.74) is 2.29. The second-order valence-corrected chi connectivity index (χ2v) is 7.07. The van der Waals surface area contributed by atoms with E-state index in [1.54, 1.807) is 6.07 Å². The normalized spacial score (nSPS) is 17.6. The number of imidazole rings is 1. The molecule has 1 saturated heterocycles. The van der Waals surface area contributed by atoms with E-state index in [2.05, 4.69) is 14.7 Å². The minimum atomic E-state index is -0.115. The fourth-order valence-electron chi connectivity index (χ4n) is 3.90. The number of likely N-dealkylation sites (tertiary alicyclic amines) is 1. The Kier molecular flexibility index (Phi) is 4.94. The molecule has 3 aromatic rings. The number of aliphatic hydroxyl groups is 1. The van der Waals surface area contributed by atoms with Gasteiger partial charge in [0.25, 0.3) is 5.91 Å². The first kappa shape index (κ1) is 17.7. The van der Waals surface area contributed by atoms with Crippen molar-refractivity contribution >= 4 is 16.9 Å². The van der Waals surface area contributed by atoms with Gasteiger partial charge in [0.1, 0.15) is 5.82 Å². The Balaban J connectivity index is 1.54. The van der Waals surface area contributed by atoms with Crippen LogP contribution in [0.5, 0.6) is 0 Å². The summed E-state index contributed by atoms with van der Waals surface area (Å²) >= 11 is 0. The van der Waals surface area contributed by atoms with Gasteiger partial charge in [0.2, 0.25) is 0 Å². The average Bonchev–Trinajstić information content (AvgIpc) is 3.27. The summed E-state index contributed by atoms with van der Waals surface area (Å²) in [5.74, 6) is 1.40. The first-order valence-corrected chi connectivity index (χ1v) is 9.46. The first-order valence-electron chi connectivity index (χ1n) is 9.46. The summed E-state index contributed by atoms with van der Waals surface area (Å²) < 4.78 is 7.51. The van der Waals surface area contributed by atoms with Crippen LogP contribution in [0.2, 0.25) is 0 Å². The highest BCUT2D eigenvalue weighted by Gasteiger charge is 2.29. The monoisotopic (exact) mass is 368 g/mol. The molecule has 0 saturated carbocycles. The van der Waals surface area contributed by atoms with E-state index in [1.807, 2.05) is 36.1 Å². The number of carbonyl (C=O) groups is 1. The minimum Gasteiger partial charge on any atom is -0.396 e. The molecule has 1 aromatic carbocycles. The molecule has 142 valence electrons. The van der Waals surface area contributed by atoms with E-state index < -0.39 is 0 Å². The van der Waals surface area contributed by atoms with Gasteiger partial charge in [-0.15, -0.1) is 0 Å². The minimum absolute atomic E-state index is 0.0798. The number of rotatable bonds is 5. The lowest BCUT2D eigenvalue weighted by Gasteiger charge is -2.35. The molecule has 1 aliphatic rings. The maximum absolute atomic E-state index is 12.9. The van der Waals surface area contributed by atoms with Gasteiger partial charge < -0.3 is 19.1 Å². The van der Waals surface area contributed by atoms with Crippen LogP contribution in [0.3, 0.4) is 0 Å². The highest BCUT2D eigenvalue weighted by atomic mass is 16.5. The van der Waals surface area contributed by atoms with Crippen LogP contribution in [0.25, 0.3) is 11.0 Å². The number of aromatic nitrogens is 3. The van der Waals surface area contributed by atoms with Crippen molar-refractivity contribution in [3.63, 3.8) is 0 Å². The van der Waals surface area contributed by atoms with Gasteiger partial charge >= 0.3 is 0 Å². The number of piperidine rings is 1. The van der Waals surface area contributed by atoms with Gasteiger partial charge in [-0.25, -0.2) is 4.98 Å². The fourth-order valence-corrected chi connectivity index (χ4v) is 3.90. The fraction of sp³-hybridized carbons (Fsp3) is 0.450. The molecular formula is C20H24N4O3. The zero-order chi connectivity index (χ0) is 18.8. The molecule has 1 aliphatic heterocycles. The van der Waals surface area contributed by atoms with Gasteiger partial charge in [-0.1, -0.05) is 17.3 Å². The van der Waals surface area contributed by atoms with Crippen molar-refractivity contribution in [2.75, 3.05) is 13.2 Å². The Morgan fingerprint density at radius 1 is 1.33 bits per heavy atom. The number of hydrogen-bond donors (Lipinski definition) is 1. The third-order valence-corrected chi connectivity index (χ3v) is 5.29. The number of fused-ring (bicyclic) bond motifs is 1. The standard InChI is InChI=1S/C20H24N4O3/c1-14-21-17-7-2-3-8-19(17)24(14)13-16-12-18(22-27-16)20(26)23-10-5-4-6-15(23)9-11-25/h2-3,7-8,12,15,25H,4-6,9-11,13H2,1H3. The van der Waals surface area contributed by atoms with Gasteiger partial charge in [0.05, 0.1) is 17.6 Å². The van der Waals surface area contributed by atoms with Gasteiger partial charge in [-0.3, -0.25) is 4.79 Å². The number of benzene rings is 1. The average molecular weight is 368 g/mol. The van der Waals surface area contributed by atoms with Crippen LogP contribution in [0.1, 0.15) is 47.8 Å². The lowest BCUT2D eigenvalue weighted by molar-refractivity contribution is 0.0564. The third-order valence-electron chi connectivity index (χ3n) is 5.29. The van der Waals surface area contributed by atoms with Crippen LogP contribution in [-0.4, -0.2) is 49.8 Å². The van der Waals surface area contributed by atoms with E-state index >= 15 is 0 Å². The number of aryl methyl sites for hydroxylation is 1. The Hall–Kier alpha value is -2.67. The molecule has 0 radical (unpaired) electrons. The third kappa shape index (κ3) is 3.47. The molecule has 4 rings (SSSR count). The molecule has 3 heterocycles. The van der Waals surface area contributed by atoms with Crippen molar-refractivity contribution in [2.24, 2.45) is 0 Å². The Bertz CT molecular complexity index is 944. The predicted octanol–water partition coefficient (Wildman–Crippen LogP) is 2.76. The second kappa shape index (κ2) is 7.52. The van der Waals surface area contributed by atoms with E-state index in [4.69, 9.17) is 4.52 Å². The molecule has 1 fully saturated rings. The van der Waals surface area contributed by atoms with E-state index in [1.165, 1.54) is 0 Å². The highest BCUT2D eigenvalue weighted by molar-refractivity contribution is 5.92. The summed E-state index contributed by atoms with van der Waals surface area (Å²) in [6.45, 7) is 3.23. The van der Waals surface area contributed by atoms with Crippen molar-refractivity contribution in [3.8, 4) is 0 Å². The summed E-state index contributed by atoms with van der Waals surface area (Å²) in [6, 6.07) is 9.74. The highest BCUT2D eigenvalue weighted by Crippen LogP contribution is 2.23.